The Bertz CT molecular complexity index is 5880. The van der Waals surface area contributed by atoms with Gasteiger partial charge in [-0.05, 0) is 170 Å². The Morgan fingerprint density at radius 3 is 1.41 bits per heavy atom. The molecule has 2 atom stereocenters. The minimum Gasteiger partial charge on any atom is -0.315 e. The summed E-state index contributed by atoms with van der Waals surface area (Å²) in [7, 11) is 0. The van der Waals surface area contributed by atoms with E-state index >= 15 is 0 Å². The lowest BCUT2D eigenvalue weighted by atomic mass is 9.33. The fourth-order valence-electron chi connectivity index (χ4n) is 16.5. The molecule has 14 aromatic carbocycles. The van der Waals surface area contributed by atoms with E-state index in [-0.39, 0.29) is 18.5 Å². The second-order valence-corrected chi connectivity index (χ2v) is 26.2. The minimum atomic E-state index is -0.0850. The smallest absolute Gasteiger partial charge is 0.252 e. The van der Waals surface area contributed by atoms with Crippen LogP contribution in [-0.4, -0.2) is 15.8 Å². The van der Waals surface area contributed by atoms with Crippen molar-refractivity contribution < 1.29 is 0 Å². The molecule has 0 radical (unpaired) electrons. The molecule has 2 aliphatic heterocycles. The van der Waals surface area contributed by atoms with E-state index < -0.39 is 0 Å². The molecular weight excluding hydrogens is 1190 g/mol. The molecule has 0 fully saturated rings. The van der Waals surface area contributed by atoms with Gasteiger partial charge in [0.05, 0.1) is 45.1 Å². The second-order valence-electron chi connectivity index (χ2n) is 26.2. The molecule has 0 spiro atoms. The quantitative estimate of drug-likeness (QED) is 0.128. The lowest BCUT2D eigenvalue weighted by molar-refractivity contribution is 0.590. The Balaban J connectivity index is 0.864. The third-order valence-electron chi connectivity index (χ3n) is 20.9. The van der Waals surface area contributed by atoms with Crippen molar-refractivity contribution in [3.63, 3.8) is 0 Å². The van der Waals surface area contributed by atoms with Crippen LogP contribution in [0.15, 0.2) is 351 Å². The third-order valence-corrected chi connectivity index (χ3v) is 20.9. The fourth-order valence-corrected chi connectivity index (χ4v) is 16.5. The first-order valence-corrected chi connectivity index (χ1v) is 33.9. The number of benzene rings is 14. The number of aromatic nitrogens is 2. The maximum absolute atomic E-state index is 10.6. The molecule has 6 heteroatoms. The third kappa shape index (κ3) is 9.08. The normalized spacial score (nSPS) is 14.6. The molecule has 98 heavy (non-hydrogen) atoms. The van der Waals surface area contributed by atoms with Gasteiger partial charge in [-0.1, -0.05) is 250 Å². The summed E-state index contributed by atoms with van der Waals surface area (Å²) >= 11 is 0. The van der Waals surface area contributed by atoms with Crippen molar-refractivity contribution in [3.05, 3.63) is 368 Å². The van der Waals surface area contributed by atoms with E-state index in [2.05, 4.69) is 372 Å². The van der Waals surface area contributed by atoms with E-state index in [1.807, 2.05) is 6.07 Å². The van der Waals surface area contributed by atoms with Crippen LogP contribution in [0, 0.1) is 17.2 Å². The zero-order valence-corrected chi connectivity index (χ0v) is 53.9. The van der Waals surface area contributed by atoms with Gasteiger partial charge < -0.3 is 18.9 Å². The Kier molecular flexibility index (Phi) is 13.4. The van der Waals surface area contributed by atoms with Crippen molar-refractivity contribution in [2.24, 2.45) is 5.92 Å². The Hall–Kier alpha value is -12.7. The van der Waals surface area contributed by atoms with Gasteiger partial charge in [-0.2, -0.15) is 5.26 Å². The van der Waals surface area contributed by atoms with Crippen molar-refractivity contribution in [2.45, 2.75) is 12.8 Å². The highest BCUT2D eigenvalue weighted by atomic mass is 15.2. The van der Waals surface area contributed by atoms with E-state index in [1.54, 1.807) is 0 Å². The SMILES string of the molecule is CC1C(N2c3ccccc3B3c4ccccc4N(c4cc(-c5ccccc5)cc(-c5ccccc5)c4)c4cc(-c5ccc6c(c5)c5ccccc5n6-c5ccccc5-c5cc(C#N)ccc5-n5c6ccccc6c6ccccc65)cc2c43)=CC(c2ccccc2)=CC1c1ccccc1. The molecule has 2 aromatic heterocycles. The average molecular weight is 1250 g/mol. The molecule has 16 aromatic rings. The Labute approximate surface area is 570 Å². The number of nitrogens with zero attached hydrogens (tertiary/aromatic N) is 5. The maximum atomic E-state index is 10.6. The number of hydrogen-bond donors (Lipinski definition) is 0. The first-order valence-electron chi connectivity index (χ1n) is 33.9. The van der Waals surface area contributed by atoms with Crippen LogP contribution in [0.5, 0.6) is 0 Å². The zero-order chi connectivity index (χ0) is 65.0. The molecule has 0 saturated heterocycles. The first-order chi connectivity index (χ1) is 48.5. The first kappa shape index (κ1) is 56.8. The van der Waals surface area contributed by atoms with Crippen molar-refractivity contribution in [1.82, 2.24) is 9.13 Å². The summed E-state index contributed by atoms with van der Waals surface area (Å²) in [5.41, 5.74) is 30.4. The highest BCUT2D eigenvalue weighted by molar-refractivity contribution is 7.00. The number of hydrogen-bond acceptors (Lipinski definition) is 3. The fraction of sp³-hybridized carbons (Fsp3) is 0.0326. The number of rotatable bonds is 10. The van der Waals surface area contributed by atoms with Gasteiger partial charge in [-0.15, -0.1) is 0 Å². The molecule has 1 aliphatic carbocycles. The van der Waals surface area contributed by atoms with Gasteiger partial charge in [0.15, 0.2) is 0 Å². The van der Waals surface area contributed by atoms with Crippen molar-refractivity contribution in [2.75, 3.05) is 9.80 Å². The van der Waals surface area contributed by atoms with E-state index in [1.165, 1.54) is 55.2 Å². The molecule has 5 nitrogen and oxygen atoms in total. The maximum Gasteiger partial charge on any atom is 0.252 e. The van der Waals surface area contributed by atoms with Crippen molar-refractivity contribution in [1.29, 1.82) is 5.26 Å². The van der Waals surface area contributed by atoms with Crippen LogP contribution in [0.2, 0.25) is 0 Å². The van der Waals surface area contributed by atoms with Crippen LogP contribution in [0.1, 0.15) is 29.5 Å². The minimum absolute atomic E-state index is 0.0718. The second kappa shape index (κ2) is 23.1. The van der Waals surface area contributed by atoms with Crippen LogP contribution >= 0.6 is 0 Å². The number of allylic oxidation sites excluding steroid dienone is 4. The Morgan fingerprint density at radius 1 is 0.337 bits per heavy atom. The molecule has 0 bridgehead atoms. The molecule has 4 heterocycles. The van der Waals surface area contributed by atoms with E-state index in [0.29, 0.717) is 5.56 Å². The lowest BCUT2D eigenvalue weighted by Crippen LogP contribution is -2.62. The highest BCUT2D eigenvalue weighted by Crippen LogP contribution is 2.51. The molecular formula is C92H62BN5. The van der Waals surface area contributed by atoms with Gasteiger partial charge in [0.1, 0.15) is 0 Å². The Morgan fingerprint density at radius 2 is 0.806 bits per heavy atom. The summed E-state index contributed by atoms with van der Waals surface area (Å²) in [6, 6.07) is 125. The van der Waals surface area contributed by atoms with Crippen molar-refractivity contribution in [3.8, 4) is 62.0 Å². The predicted molar refractivity (Wildman–Crippen MR) is 410 cm³/mol. The number of fused-ring (bicyclic) bond motifs is 10. The molecule has 2 unspecified atom stereocenters. The summed E-state index contributed by atoms with van der Waals surface area (Å²) in [5, 5.41) is 15.3. The summed E-state index contributed by atoms with van der Waals surface area (Å²) in [4.78, 5) is 5.24. The number of nitriles is 1. The molecule has 19 rings (SSSR count). The van der Waals surface area contributed by atoms with Gasteiger partial charge in [0, 0.05) is 78.6 Å². The lowest BCUT2D eigenvalue weighted by Gasteiger charge is -2.46. The van der Waals surface area contributed by atoms with Crippen LogP contribution in [-0.2, 0) is 0 Å². The van der Waals surface area contributed by atoms with Crippen LogP contribution in [0.3, 0.4) is 0 Å². The van der Waals surface area contributed by atoms with Gasteiger partial charge in [0.2, 0.25) is 0 Å². The summed E-state index contributed by atoms with van der Waals surface area (Å²) < 4.78 is 4.82. The summed E-state index contributed by atoms with van der Waals surface area (Å²) in [6.07, 6.45) is 4.99. The van der Waals surface area contributed by atoms with E-state index in [9.17, 15) is 5.26 Å². The molecule has 0 N–H and O–H groups in total. The van der Waals surface area contributed by atoms with Gasteiger partial charge in [0.25, 0.3) is 6.71 Å². The summed E-state index contributed by atoms with van der Waals surface area (Å²) in [6.45, 7) is 2.35. The molecule has 3 aliphatic rings. The van der Waals surface area contributed by atoms with Gasteiger partial charge in [-0.3, -0.25) is 0 Å². The number of anilines is 5. The topological polar surface area (TPSA) is 40.1 Å². The highest BCUT2D eigenvalue weighted by Gasteiger charge is 2.45. The van der Waals surface area contributed by atoms with E-state index in [0.717, 1.165) is 111 Å². The van der Waals surface area contributed by atoms with Crippen LogP contribution in [0.25, 0.3) is 105 Å². The average Bonchev–Trinajstić information content (AvgIpc) is 0.968. The molecule has 458 valence electrons. The van der Waals surface area contributed by atoms with E-state index in [4.69, 9.17) is 0 Å². The largest absolute Gasteiger partial charge is 0.315 e. The van der Waals surface area contributed by atoms with Crippen LogP contribution < -0.4 is 26.2 Å². The molecule has 0 saturated carbocycles. The zero-order valence-electron chi connectivity index (χ0n) is 53.9. The monoisotopic (exact) mass is 1250 g/mol. The number of para-hydroxylation sites is 6. The predicted octanol–water partition coefficient (Wildman–Crippen LogP) is 21.6. The van der Waals surface area contributed by atoms with Crippen molar-refractivity contribution >= 4 is 101 Å². The summed E-state index contributed by atoms with van der Waals surface area (Å²) in [5.74, 6) is 0.160. The van der Waals surface area contributed by atoms with Crippen LogP contribution in [0.4, 0.5) is 28.4 Å². The van der Waals surface area contributed by atoms with Gasteiger partial charge >= 0.3 is 0 Å². The molecule has 0 amide bonds. The van der Waals surface area contributed by atoms with Gasteiger partial charge in [-0.25, -0.2) is 0 Å². The standard InChI is InChI=1S/C92H62BN5/c1-60-76(65-32-12-5-13-33-65)55-69(64-30-10-4-11-31-64)56-89(60)98-88-45-25-19-39-80(88)93-79-38-18-24-44-87(79)95(71-52-67(62-26-6-2-7-27-62)51-68(53-71)63-28-8-3-9-29-63)90-57-70(58-91(98)92(90)93)66-47-49-86-78(54-66)75-37-17-23-43-84(75)97(86)83-42-22-16-36-74(83)77-50-61(59-94)46-48-85(77)96-81-40-20-14-34-72(81)73-35-15-21-41-82(73)96/h2-58,60,76H,1H3.